The number of nitrogens with one attached hydrogen (secondary N) is 1. The van der Waals surface area contributed by atoms with Crippen LogP contribution in [0, 0.1) is 5.92 Å². The van der Waals surface area contributed by atoms with Crippen LogP contribution in [0.25, 0.3) is 0 Å². The molecule has 1 aromatic carbocycles. The van der Waals surface area contributed by atoms with Gasteiger partial charge in [-0.1, -0.05) is 36.4 Å². The lowest BCUT2D eigenvalue weighted by molar-refractivity contribution is -0.0473. The highest BCUT2D eigenvalue weighted by Crippen LogP contribution is 2.49. The van der Waals surface area contributed by atoms with Crippen LogP contribution in [0.15, 0.2) is 43.0 Å². The summed E-state index contributed by atoms with van der Waals surface area (Å²) in [6, 6.07) is 10.7. The standard InChI is InChI=1S/C21H32N2OS/c1-5-15-23-16-17-11-13-21(23,14-12-17)19(18-9-7-6-8-10-18)22-25(24)20(2,3)4/h5-10,17,19,22H,1,11-16H2,2-4H3/t17?,19-,21?,25-/m1/s1. The molecule has 3 nitrogen and oxygen atoms in total. The average molecular weight is 361 g/mol. The number of piperidine rings is 2. The van der Waals surface area contributed by atoms with E-state index in [-0.39, 0.29) is 16.3 Å². The molecule has 1 aliphatic carbocycles. The molecular formula is C21H32N2OS. The van der Waals surface area contributed by atoms with Crippen LogP contribution in [-0.4, -0.2) is 32.5 Å². The van der Waals surface area contributed by atoms with E-state index in [9.17, 15) is 4.21 Å². The Balaban J connectivity index is 2.00. The molecule has 3 fully saturated rings. The van der Waals surface area contributed by atoms with Crippen LogP contribution in [0.5, 0.6) is 0 Å². The highest BCUT2D eigenvalue weighted by Gasteiger charge is 2.51. The molecule has 2 aliphatic heterocycles. The normalized spacial score (nSPS) is 29.3. The Kier molecular flexibility index (Phi) is 5.52. The van der Waals surface area contributed by atoms with Crippen LogP contribution >= 0.6 is 0 Å². The van der Waals surface area contributed by atoms with E-state index in [1.54, 1.807) is 0 Å². The SMILES string of the molecule is C=CCN1CC2CCC1([C@H](N[S@](=O)C(C)(C)C)c1ccccc1)CC2. The van der Waals surface area contributed by atoms with Crippen LogP contribution in [0.2, 0.25) is 0 Å². The summed E-state index contributed by atoms with van der Waals surface area (Å²) in [5, 5.41) is 0. The zero-order valence-electron chi connectivity index (χ0n) is 15.8. The van der Waals surface area contributed by atoms with Crippen LogP contribution in [0.4, 0.5) is 0 Å². The Hall–Kier alpha value is -0.970. The van der Waals surface area contributed by atoms with Gasteiger partial charge in [0, 0.05) is 18.6 Å². The topological polar surface area (TPSA) is 32.3 Å². The van der Waals surface area contributed by atoms with Gasteiger partial charge >= 0.3 is 0 Å². The van der Waals surface area contributed by atoms with Crippen molar-refractivity contribution in [2.24, 2.45) is 5.92 Å². The molecule has 2 atom stereocenters. The summed E-state index contributed by atoms with van der Waals surface area (Å²) in [6.45, 7) is 12.1. The van der Waals surface area contributed by atoms with Crippen molar-refractivity contribution in [3.8, 4) is 0 Å². The Labute approximate surface area is 155 Å². The summed E-state index contributed by atoms with van der Waals surface area (Å²) in [5.41, 5.74) is 1.28. The third kappa shape index (κ3) is 3.76. The molecule has 0 radical (unpaired) electrons. The number of nitrogens with zero attached hydrogens (tertiary/aromatic N) is 1. The van der Waals surface area contributed by atoms with E-state index in [0.717, 1.165) is 19.0 Å². The van der Waals surface area contributed by atoms with Crippen molar-refractivity contribution in [3.05, 3.63) is 48.6 Å². The van der Waals surface area contributed by atoms with E-state index in [1.165, 1.54) is 31.2 Å². The first kappa shape index (κ1) is 18.8. The zero-order chi connectivity index (χ0) is 18.1. The Morgan fingerprint density at radius 3 is 2.52 bits per heavy atom. The van der Waals surface area contributed by atoms with E-state index in [0.29, 0.717) is 0 Å². The first-order valence-corrected chi connectivity index (χ1v) is 10.6. The first-order valence-electron chi connectivity index (χ1n) is 9.46. The van der Waals surface area contributed by atoms with E-state index < -0.39 is 11.0 Å². The number of fused-ring (bicyclic) bond motifs is 3. The quantitative estimate of drug-likeness (QED) is 0.771. The average Bonchev–Trinajstić information content (AvgIpc) is 2.61. The van der Waals surface area contributed by atoms with E-state index in [2.05, 4.69) is 46.5 Å². The summed E-state index contributed by atoms with van der Waals surface area (Å²) in [4.78, 5) is 2.60. The highest BCUT2D eigenvalue weighted by atomic mass is 32.2. The molecule has 1 saturated carbocycles. The van der Waals surface area contributed by atoms with Crippen LogP contribution in [0.3, 0.4) is 0 Å². The van der Waals surface area contributed by atoms with Gasteiger partial charge in [0.05, 0.1) is 21.8 Å². The van der Waals surface area contributed by atoms with Gasteiger partial charge in [-0.05, 0) is 57.9 Å². The van der Waals surface area contributed by atoms with Gasteiger partial charge in [-0.15, -0.1) is 6.58 Å². The summed E-state index contributed by atoms with van der Waals surface area (Å²) < 4.78 is 16.3. The third-order valence-corrected chi connectivity index (χ3v) is 7.44. The Morgan fingerprint density at radius 2 is 1.96 bits per heavy atom. The van der Waals surface area contributed by atoms with Crippen molar-refractivity contribution in [2.75, 3.05) is 13.1 Å². The van der Waals surface area contributed by atoms with Gasteiger partial charge < -0.3 is 0 Å². The second kappa shape index (κ2) is 7.34. The lowest BCUT2D eigenvalue weighted by atomic mass is 9.66. The smallest absolute Gasteiger partial charge is 0.0976 e. The number of benzene rings is 1. The van der Waals surface area contributed by atoms with Crippen molar-refractivity contribution in [2.45, 2.75) is 62.8 Å². The fourth-order valence-electron chi connectivity index (χ4n) is 4.47. The fraction of sp³-hybridized carbons (Fsp3) is 0.619. The molecule has 0 amide bonds. The molecule has 0 aromatic heterocycles. The van der Waals surface area contributed by atoms with Gasteiger partial charge in [0.15, 0.2) is 0 Å². The molecule has 2 heterocycles. The van der Waals surface area contributed by atoms with E-state index in [4.69, 9.17) is 0 Å². The lowest BCUT2D eigenvalue weighted by Gasteiger charge is -2.58. The maximum atomic E-state index is 13.0. The molecular weight excluding hydrogens is 328 g/mol. The van der Waals surface area contributed by atoms with Crippen molar-refractivity contribution in [1.29, 1.82) is 0 Å². The van der Waals surface area contributed by atoms with Gasteiger partial charge in [0.2, 0.25) is 0 Å². The van der Waals surface area contributed by atoms with Gasteiger partial charge in [-0.3, -0.25) is 4.90 Å². The number of hydrogen-bond donors (Lipinski definition) is 1. The summed E-state index contributed by atoms with van der Waals surface area (Å²) >= 11 is 0. The molecule has 3 aliphatic rings. The highest BCUT2D eigenvalue weighted by molar-refractivity contribution is 7.84. The van der Waals surface area contributed by atoms with Gasteiger partial charge in [0.25, 0.3) is 0 Å². The maximum Gasteiger partial charge on any atom is 0.0976 e. The van der Waals surface area contributed by atoms with Gasteiger partial charge in [0.1, 0.15) is 0 Å². The van der Waals surface area contributed by atoms with Crippen molar-refractivity contribution in [3.63, 3.8) is 0 Å². The van der Waals surface area contributed by atoms with Crippen LogP contribution in [-0.2, 0) is 11.0 Å². The van der Waals surface area contributed by atoms with E-state index >= 15 is 0 Å². The molecule has 0 unspecified atom stereocenters. The second-order valence-corrected chi connectivity index (χ2v) is 10.6. The van der Waals surface area contributed by atoms with Crippen LogP contribution in [0.1, 0.15) is 58.1 Å². The predicted octanol–water partition coefficient (Wildman–Crippen LogP) is 4.21. The minimum Gasteiger partial charge on any atom is -0.292 e. The molecule has 0 spiro atoms. The molecule has 1 N–H and O–H groups in total. The summed E-state index contributed by atoms with van der Waals surface area (Å²) in [7, 11) is -1.10. The van der Waals surface area contributed by atoms with Crippen molar-refractivity contribution < 1.29 is 4.21 Å². The molecule has 4 rings (SSSR count). The summed E-state index contributed by atoms with van der Waals surface area (Å²) in [5.74, 6) is 0.811. The Bertz CT molecular complexity index is 615. The number of hydrogen-bond acceptors (Lipinski definition) is 2. The molecule has 25 heavy (non-hydrogen) atoms. The number of rotatable bonds is 6. The first-order chi connectivity index (χ1) is 11.9. The second-order valence-electron chi connectivity index (χ2n) is 8.58. The molecule has 2 saturated heterocycles. The Morgan fingerprint density at radius 1 is 1.32 bits per heavy atom. The van der Waals surface area contributed by atoms with Crippen molar-refractivity contribution >= 4 is 11.0 Å². The molecule has 138 valence electrons. The van der Waals surface area contributed by atoms with Gasteiger partial charge in [-0.2, -0.15) is 0 Å². The summed E-state index contributed by atoms with van der Waals surface area (Å²) in [6.07, 6.45) is 6.91. The largest absolute Gasteiger partial charge is 0.292 e. The van der Waals surface area contributed by atoms with Gasteiger partial charge in [-0.25, -0.2) is 8.93 Å². The van der Waals surface area contributed by atoms with Crippen LogP contribution < -0.4 is 4.72 Å². The molecule has 4 heteroatoms. The van der Waals surface area contributed by atoms with Crippen molar-refractivity contribution in [1.82, 2.24) is 9.62 Å². The minimum absolute atomic E-state index is 0.0329. The minimum atomic E-state index is -1.10. The maximum absolute atomic E-state index is 13.0. The fourth-order valence-corrected chi connectivity index (χ4v) is 5.39. The monoisotopic (exact) mass is 360 g/mol. The lowest BCUT2D eigenvalue weighted by Crippen LogP contribution is -2.64. The molecule has 2 bridgehead atoms. The predicted molar refractivity (Wildman–Crippen MR) is 107 cm³/mol. The van der Waals surface area contributed by atoms with E-state index in [1.807, 2.05) is 26.8 Å². The zero-order valence-corrected chi connectivity index (χ0v) is 16.6. The molecule has 1 aromatic rings. The third-order valence-electron chi connectivity index (χ3n) is 5.88.